The van der Waals surface area contributed by atoms with Crippen molar-refractivity contribution in [3.05, 3.63) is 71.9 Å². The van der Waals surface area contributed by atoms with Crippen molar-refractivity contribution in [1.82, 2.24) is 0 Å². The zero-order chi connectivity index (χ0) is 17.3. The largest absolute Gasteiger partial charge is 0.422 e. The number of carbonyl (C=O) groups is 1. The van der Waals surface area contributed by atoms with Crippen molar-refractivity contribution in [2.24, 2.45) is 0 Å². The van der Waals surface area contributed by atoms with E-state index in [1.165, 1.54) is 5.56 Å². The molecule has 2 aromatic rings. The van der Waals surface area contributed by atoms with E-state index in [1.807, 2.05) is 56.4 Å². The van der Waals surface area contributed by atoms with Crippen molar-refractivity contribution in [3.8, 4) is 0 Å². The summed E-state index contributed by atoms with van der Waals surface area (Å²) in [6.07, 6.45) is 3.67. The van der Waals surface area contributed by atoms with Crippen LogP contribution in [-0.2, 0) is 9.53 Å². The third-order valence-corrected chi connectivity index (χ3v) is 5.40. The first-order valence-corrected chi connectivity index (χ1v) is 9.53. The van der Waals surface area contributed by atoms with Gasteiger partial charge in [-0.25, -0.2) is 4.79 Å². The first kappa shape index (κ1) is 17.5. The predicted octanol–water partition coefficient (Wildman–Crippen LogP) is 5.23. The molecule has 0 saturated carbocycles. The molecule has 0 saturated heterocycles. The summed E-state index contributed by atoms with van der Waals surface area (Å²) in [5, 5.41) is 3.19. The fourth-order valence-corrected chi connectivity index (χ4v) is 4.80. The lowest BCUT2D eigenvalue weighted by atomic mass is 10.1. The van der Waals surface area contributed by atoms with Crippen molar-refractivity contribution < 1.29 is 9.53 Å². The molecule has 0 bridgehead atoms. The lowest BCUT2D eigenvalue weighted by molar-refractivity contribution is -0.130. The topological polar surface area (TPSA) is 38.3 Å². The summed E-state index contributed by atoms with van der Waals surface area (Å²) in [7, 11) is 1.91. The minimum atomic E-state index is -0.312. The summed E-state index contributed by atoms with van der Waals surface area (Å²) in [6, 6.07) is 12.0. The lowest BCUT2D eigenvalue weighted by Gasteiger charge is -2.08. The van der Waals surface area contributed by atoms with E-state index >= 15 is 0 Å². The molecular weight excluding hydrogens is 528 g/mol. The minimum Gasteiger partial charge on any atom is -0.422 e. The highest BCUT2D eigenvalue weighted by molar-refractivity contribution is 14.1. The molecule has 1 aliphatic rings. The Morgan fingerprint density at radius 2 is 1.71 bits per heavy atom. The number of benzene rings is 2. The van der Waals surface area contributed by atoms with Gasteiger partial charge in [0.2, 0.25) is 0 Å². The molecule has 2 aromatic carbocycles. The van der Waals surface area contributed by atoms with Crippen LogP contribution >= 0.6 is 45.2 Å². The molecule has 5 heteroatoms. The van der Waals surface area contributed by atoms with Gasteiger partial charge in [0.1, 0.15) is 5.76 Å². The van der Waals surface area contributed by atoms with E-state index < -0.39 is 0 Å². The predicted molar refractivity (Wildman–Crippen MR) is 115 cm³/mol. The van der Waals surface area contributed by atoms with Gasteiger partial charge in [0.25, 0.3) is 0 Å². The van der Waals surface area contributed by atoms with Crippen LogP contribution in [0.15, 0.2) is 48.0 Å². The van der Waals surface area contributed by atoms with Crippen LogP contribution in [0.1, 0.15) is 16.7 Å². The van der Waals surface area contributed by atoms with Gasteiger partial charge in [-0.2, -0.15) is 0 Å². The van der Waals surface area contributed by atoms with E-state index in [0.717, 1.165) is 24.0 Å². The van der Waals surface area contributed by atoms with E-state index in [0.29, 0.717) is 11.3 Å². The normalized spacial score (nSPS) is 15.4. The Labute approximate surface area is 168 Å². The average Bonchev–Trinajstić information content (AvgIpc) is 2.89. The number of halogens is 2. The maximum absolute atomic E-state index is 12.2. The molecule has 1 N–H and O–H groups in total. The number of hydrogen-bond donors (Lipinski definition) is 1. The van der Waals surface area contributed by atoms with Gasteiger partial charge in [-0.15, -0.1) is 0 Å². The maximum atomic E-state index is 12.2. The van der Waals surface area contributed by atoms with E-state index in [-0.39, 0.29) is 5.97 Å². The summed E-state index contributed by atoms with van der Waals surface area (Å²) < 4.78 is 7.64. The Bertz CT molecular complexity index is 844. The molecule has 1 heterocycles. The quantitative estimate of drug-likeness (QED) is 0.328. The summed E-state index contributed by atoms with van der Waals surface area (Å²) in [4.78, 5) is 12.2. The van der Waals surface area contributed by atoms with Gasteiger partial charge in [0.05, 0.1) is 11.3 Å². The summed E-state index contributed by atoms with van der Waals surface area (Å²) in [6.45, 7) is 2.03. The molecule has 122 valence electrons. The Morgan fingerprint density at radius 3 is 2.29 bits per heavy atom. The van der Waals surface area contributed by atoms with Crippen LogP contribution in [0.5, 0.6) is 0 Å². The first-order valence-electron chi connectivity index (χ1n) is 7.37. The number of aryl methyl sites for hydroxylation is 1. The van der Waals surface area contributed by atoms with Crippen molar-refractivity contribution in [1.29, 1.82) is 0 Å². The van der Waals surface area contributed by atoms with Gasteiger partial charge >= 0.3 is 5.97 Å². The second-order valence-corrected chi connectivity index (χ2v) is 7.80. The van der Waals surface area contributed by atoms with Crippen molar-refractivity contribution >= 4 is 68.7 Å². The van der Waals surface area contributed by atoms with Gasteiger partial charge in [-0.1, -0.05) is 29.8 Å². The second kappa shape index (κ2) is 7.26. The fourth-order valence-electron chi connectivity index (χ4n) is 2.44. The van der Waals surface area contributed by atoms with Gasteiger partial charge in [0, 0.05) is 19.8 Å². The highest BCUT2D eigenvalue weighted by Crippen LogP contribution is 2.30. The molecule has 0 radical (unpaired) electrons. The van der Waals surface area contributed by atoms with Gasteiger partial charge < -0.3 is 10.1 Å². The highest BCUT2D eigenvalue weighted by atomic mass is 127. The smallest absolute Gasteiger partial charge is 0.343 e. The molecular formula is C19H15I2NO2. The third-order valence-electron chi connectivity index (χ3n) is 3.70. The molecule has 0 aromatic heterocycles. The van der Waals surface area contributed by atoms with E-state index in [1.54, 1.807) is 6.08 Å². The Morgan fingerprint density at radius 1 is 1.08 bits per heavy atom. The fraction of sp³-hybridized carbons (Fsp3) is 0.105. The Kier molecular flexibility index (Phi) is 5.29. The minimum absolute atomic E-state index is 0.312. The Balaban J connectivity index is 1.95. The van der Waals surface area contributed by atoms with Crippen LogP contribution in [0.2, 0.25) is 0 Å². The van der Waals surface area contributed by atoms with Crippen LogP contribution < -0.4 is 5.32 Å². The van der Waals surface area contributed by atoms with E-state index in [2.05, 4.69) is 50.5 Å². The standard InChI is InChI=1S/C19H15I2NO2/c1-11-3-5-13(6-4-11)17-10-14(19(23)24-17)7-12-8-15(20)18(22-2)16(21)9-12/h3-10,22H,1-2H3/b14-7+. The van der Waals surface area contributed by atoms with Crippen LogP contribution in [0.4, 0.5) is 5.69 Å². The first-order chi connectivity index (χ1) is 11.5. The average molecular weight is 543 g/mol. The number of esters is 1. The summed E-state index contributed by atoms with van der Waals surface area (Å²) >= 11 is 4.58. The van der Waals surface area contributed by atoms with Gasteiger partial charge in [-0.05, 0) is 82.0 Å². The monoisotopic (exact) mass is 543 g/mol. The molecule has 24 heavy (non-hydrogen) atoms. The molecule has 3 rings (SSSR count). The Hall–Kier alpha value is -1.35. The van der Waals surface area contributed by atoms with Gasteiger partial charge in [-0.3, -0.25) is 0 Å². The number of ether oxygens (including phenoxy) is 1. The molecule has 1 aliphatic heterocycles. The SMILES string of the molecule is CNc1c(I)cc(/C=C2\C=C(c3ccc(C)cc3)OC2=O)cc1I. The number of anilines is 1. The third kappa shape index (κ3) is 3.66. The summed E-state index contributed by atoms with van der Waals surface area (Å²) in [5.74, 6) is 0.288. The number of rotatable bonds is 3. The van der Waals surface area contributed by atoms with Crippen LogP contribution in [0.3, 0.4) is 0 Å². The molecule has 0 aliphatic carbocycles. The number of hydrogen-bond acceptors (Lipinski definition) is 3. The van der Waals surface area contributed by atoms with E-state index in [4.69, 9.17) is 4.74 Å². The highest BCUT2D eigenvalue weighted by Gasteiger charge is 2.22. The number of nitrogens with one attached hydrogen (secondary N) is 1. The molecule has 3 nitrogen and oxygen atoms in total. The molecule has 0 unspecified atom stereocenters. The molecule has 0 amide bonds. The van der Waals surface area contributed by atoms with Crippen LogP contribution in [-0.4, -0.2) is 13.0 Å². The molecule has 0 spiro atoms. The van der Waals surface area contributed by atoms with Crippen molar-refractivity contribution in [2.45, 2.75) is 6.92 Å². The zero-order valence-corrected chi connectivity index (χ0v) is 17.5. The van der Waals surface area contributed by atoms with Crippen LogP contribution in [0, 0.1) is 14.1 Å². The molecule has 0 fully saturated rings. The van der Waals surface area contributed by atoms with Crippen LogP contribution in [0.25, 0.3) is 11.8 Å². The lowest BCUT2D eigenvalue weighted by Crippen LogP contribution is -1.98. The van der Waals surface area contributed by atoms with E-state index in [9.17, 15) is 4.79 Å². The van der Waals surface area contributed by atoms with Gasteiger partial charge in [0.15, 0.2) is 0 Å². The van der Waals surface area contributed by atoms with Crippen molar-refractivity contribution in [2.75, 3.05) is 12.4 Å². The number of cyclic esters (lactones) is 1. The number of carbonyl (C=O) groups excluding carboxylic acids is 1. The molecule has 0 atom stereocenters. The summed E-state index contributed by atoms with van der Waals surface area (Å²) in [5.41, 5.74) is 4.73. The maximum Gasteiger partial charge on any atom is 0.343 e. The zero-order valence-electron chi connectivity index (χ0n) is 13.2. The van der Waals surface area contributed by atoms with Crippen molar-refractivity contribution in [3.63, 3.8) is 0 Å². The second-order valence-electron chi connectivity index (χ2n) is 5.47.